The Bertz CT molecular complexity index is 674. The Balaban J connectivity index is 1.60. The summed E-state index contributed by atoms with van der Waals surface area (Å²) in [6.45, 7) is 3.35. The third-order valence-electron chi connectivity index (χ3n) is 4.28. The van der Waals surface area contributed by atoms with Gasteiger partial charge in [0.15, 0.2) is 5.95 Å². The molecule has 1 aliphatic carbocycles. The average Bonchev–Trinajstić information content (AvgIpc) is 2.94. The second-order valence-corrected chi connectivity index (χ2v) is 6.09. The van der Waals surface area contributed by atoms with Gasteiger partial charge < -0.3 is 14.9 Å². The number of nitrogens with zero attached hydrogens (tertiary/aromatic N) is 2. The van der Waals surface area contributed by atoms with E-state index < -0.39 is 0 Å². The van der Waals surface area contributed by atoms with Gasteiger partial charge in [0.05, 0.1) is 11.8 Å². The summed E-state index contributed by atoms with van der Waals surface area (Å²) >= 11 is 0. The molecule has 0 saturated heterocycles. The molecule has 1 aromatic carbocycles. The highest BCUT2D eigenvalue weighted by atomic mass is 16.6. The summed E-state index contributed by atoms with van der Waals surface area (Å²) in [7, 11) is 0. The molecule has 5 nitrogen and oxygen atoms in total. The lowest BCUT2D eigenvalue weighted by molar-refractivity contribution is -0.677. The molecule has 0 bridgehead atoms. The molecule has 0 unspecified atom stereocenters. The first-order chi connectivity index (χ1) is 11.2. The van der Waals surface area contributed by atoms with E-state index in [0.717, 1.165) is 18.7 Å². The first kappa shape index (κ1) is 15.7. The molecule has 1 N–H and O–H groups in total. The Kier molecular flexibility index (Phi) is 5.08. The zero-order chi connectivity index (χ0) is 16.1. The van der Waals surface area contributed by atoms with Gasteiger partial charge in [-0.3, -0.25) is 0 Å². The molecule has 0 spiro atoms. The van der Waals surface area contributed by atoms with E-state index in [9.17, 15) is 5.11 Å². The molecule has 1 heterocycles. The van der Waals surface area contributed by atoms with Crippen LogP contribution in [0.25, 0.3) is 5.69 Å². The molecular formula is C18H23N3O2. The van der Waals surface area contributed by atoms with Crippen LogP contribution in [0.3, 0.4) is 0 Å². The van der Waals surface area contributed by atoms with Crippen LogP contribution in [0.15, 0.2) is 40.4 Å². The normalized spacial score (nSPS) is 14.7. The van der Waals surface area contributed by atoms with Crippen molar-refractivity contribution in [2.75, 3.05) is 6.54 Å². The van der Waals surface area contributed by atoms with E-state index in [0.29, 0.717) is 12.2 Å². The van der Waals surface area contributed by atoms with E-state index in [2.05, 4.69) is 16.7 Å². The summed E-state index contributed by atoms with van der Waals surface area (Å²) in [6, 6.07) is 7.86. The SMILES string of the molecule is Cc1ccc(-[n+]2noc([O-])c2CNCCC2=CCCCC2)cc1. The van der Waals surface area contributed by atoms with E-state index in [4.69, 9.17) is 4.52 Å². The zero-order valence-electron chi connectivity index (χ0n) is 13.5. The number of hydrogen-bond acceptors (Lipinski definition) is 4. The molecule has 0 atom stereocenters. The van der Waals surface area contributed by atoms with Gasteiger partial charge in [-0.15, -0.1) is 0 Å². The van der Waals surface area contributed by atoms with Crippen molar-refractivity contribution in [3.63, 3.8) is 0 Å². The quantitative estimate of drug-likeness (QED) is 0.505. The maximum atomic E-state index is 11.9. The molecule has 0 saturated carbocycles. The number of aromatic nitrogens is 2. The fourth-order valence-electron chi connectivity index (χ4n) is 2.89. The van der Waals surface area contributed by atoms with E-state index in [-0.39, 0.29) is 5.95 Å². The van der Waals surface area contributed by atoms with Crippen molar-refractivity contribution in [3.05, 3.63) is 47.2 Å². The lowest BCUT2D eigenvalue weighted by Crippen LogP contribution is -2.39. The number of hydrogen-bond donors (Lipinski definition) is 1. The van der Waals surface area contributed by atoms with E-state index in [1.165, 1.54) is 36.8 Å². The Morgan fingerprint density at radius 1 is 1.26 bits per heavy atom. The van der Waals surface area contributed by atoms with Crippen molar-refractivity contribution < 1.29 is 14.3 Å². The van der Waals surface area contributed by atoms with E-state index in [1.54, 1.807) is 4.68 Å². The second-order valence-electron chi connectivity index (χ2n) is 6.09. The molecule has 2 aromatic rings. The number of allylic oxidation sites excluding steroid dienone is 1. The molecule has 0 fully saturated rings. The van der Waals surface area contributed by atoms with Crippen molar-refractivity contribution in [1.29, 1.82) is 0 Å². The summed E-state index contributed by atoms with van der Waals surface area (Å²) in [5.74, 6) is -0.380. The predicted octanol–water partition coefficient (Wildman–Crippen LogP) is 2.31. The Morgan fingerprint density at radius 3 is 2.83 bits per heavy atom. The zero-order valence-corrected chi connectivity index (χ0v) is 13.5. The summed E-state index contributed by atoms with van der Waals surface area (Å²) < 4.78 is 6.41. The van der Waals surface area contributed by atoms with Gasteiger partial charge in [0.1, 0.15) is 0 Å². The van der Waals surface area contributed by atoms with E-state index >= 15 is 0 Å². The lowest BCUT2D eigenvalue weighted by atomic mass is 9.97. The van der Waals surface area contributed by atoms with Crippen molar-refractivity contribution in [1.82, 2.24) is 10.6 Å². The third-order valence-corrected chi connectivity index (χ3v) is 4.28. The second kappa shape index (κ2) is 7.42. The van der Waals surface area contributed by atoms with Gasteiger partial charge >= 0.3 is 0 Å². The van der Waals surface area contributed by atoms with Crippen LogP contribution >= 0.6 is 0 Å². The highest BCUT2D eigenvalue weighted by Gasteiger charge is 2.19. The maximum Gasteiger partial charge on any atom is 0.253 e. The van der Waals surface area contributed by atoms with Gasteiger partial charge in [0.25, 0.3) is 5.69 Å². The maximum absolute atomic E-state index is 11.9. The molecule has 0 radical (unpaired) electrons. The van der Waals surface area contributed by atoms with Crippen molar-refractivity contribution in [3.8, 4) is 11.6 Å². The van der Waals surface area contributed by atoms with Crippen LogP contribution in [0.5, 0.6) is 5.95 Å². The van der Waals surface area contributed by atoms with Crippen LogP contribution in [0.4, 0.5) is 0 Å². The molecule has 0 amide bonds. The fourth-order valence-corrected chi connectivity index (χ4v) is 2.89. The first-order valence-corrected chi connectivity index (χ1v) is 8.27. The van der Waals surface area contributed by atoms with Gasteiger partial charge in [-0.25, -0.2) is 0 Å². The molecule has 122 valence electrons. The monoisotopic (exact) mass is 313 g/mol. The minimum atomic E-state index is -0.380. The molecule has 5 heteroatoms. The summed E-state index contributed by atoms with van der Waals surface area (Å²) in [5.41, 5.74) is 4.07. The van der Waals surface area contributed by atoms with Crippen LogP contribution in [-0.2, 0) is 6.54 Å². The molecular weight excluding hydrogens is 290 g/mol. The third kappa shape index (κ3) is 3.99. The van der Waals surface area contributed by atoms with Crippen LogP contribution in [-0.4, -0.2) is 11.8 Å². The Hall–Kier alpha value is -2.14. The summed E-state index contributed by atoms with van der Waals surface area (Å²) in [6.07, 6.45) is 8.44. The number of nitrogens with one attached hydrogen (secondary N) is 1. The van der Waals surface area contributed by atoms with Gasteiger partial charge in [0.2, 0.25) is 5.69 Å². The van der Waals surface area contributed by atoms with Crippen molar-refractivity contribution in [2.24, 2.45) is 0 Å². The predicted molar refractivity (Wildman–Crippen MR) is 85.1 cm³/mol. The van der Waals surface area contributed by atoms with Gasteiger partial charge in [-0.1, -0.05) is 29.3 Å². The average molecular weight is 313 g/mol. The topological polar surface area (TPSA) is 65.0 Å². The molecule has 0 aliphatic heterocycles. The smallest absolute Gasteiger partial charge is 0.253 e. The van der Waals surface area contributed by atoms with Crippen LogP contribution < -0.4 is 15.1 Å². The van der Waals surface area contributed by atoms with Gasteiger partial charge in [0, 0.05) is 12.1 Å². The van der Waals surface area contributed by atoms with E-state index in [1.807, 2.05) is 31.2 Å². The highest BCUT2D eigenvalue weighted by Crippen LogP contribution is 2.19. The highest BCUT2D eigenvalue weighted by molar-refractivity contribution is 5.27. The summed E-state index contributed by atoms with van der Waals surface area (Å²) in [5, 5.41) is 19.1. The molecule has 1 aromatic heterocycles. The molecule has 1 aliphatic rings. The fraction of sp³-hybridized carbons (Fsp3) is 0.444. The first-order valence-electron chi connectivity index (χ1n) is 8.27. The minimum Gasteiger partial charge on any atom is -0.539 e. The van der Waals surface area contributed by atoms with Gasteiger partial charge in [-0.2, -0.15) is 0 Å². The van der Waals surface area contributed by atoms with Crippen molar-refractivity contribution in [2.45, 2.75) is 45.6 Å². The summed E-state index contributed by atoms with van der Waals surface area (Å²) in [4.78, 5) is 0. The lowest BCUT2D eigenvalue weighted by Gasteiger charge is -2.12. The standard InChI is InChI=1S/C18H23N3O2/c1-14-7-9-16(10-8-14)21-17(18(22)23-20-21)13-19-12-11-15-5-3-2-4-6-15/h5,7-10,19H,2-4,6,11-13H2,1H3. The van der Waals surface area contributed by atoms with Crippen LogP contribution in [0.1, 0.15) is 43.4 Å². The largest absolute Gasteiger partial charge is 0.539 e. The molecule has 23 heavy (non-hydrogen) atoms. The van der Waals surface area contributed by atoms with Crippen molar-refractivity contribution >= 4 is 0 Å². The van der Waals surface area contributed by atoms with Crippen LogP contribution in [0, 0.1) is 6.92 Å². The van der Waals surface area contributed by atoms with Crippen LogP contribution in [0.2, 0.25) is 0 Å². The minimum absolute atomic E-state index is 0.380. The number of benzene rings is 1. The number of aryl methyl sites for hydroxylation is 1. The Morgan fingerprint density at radius 2 is 2.09 bits per heavy atom. The Labute approximate surface area is 136 Å². The van der Waals surface area contributed by atoms with Gasteiger partial charge in [-0.05, 0) is 50.3 Å². The molecule has 3 rings (SSSR count). The number of rotatable bonds is 6.